The van der Waals surface area contributed by atoms with E-state index in [0.717, 1.165) is 43.5 Å². The van der Waals surface area contributed by atoms with Gasteiger partial charge in [0.15, 0.2) is 11.5 Å². The summed E-state index contributed by atoms with van der Waals surface area (Å²) in [5.41, 5.74) is 1.88. The summed E-state index contributed by atoms with van der Waals surface area (Å²) in [6.07, 6.45) is 6.19. The molecule has 0 amide bonds. The van der Waals surface area contributed by atoms with Gasteiger partial charge in [0.1, 0.15) is 0 Å². The van der Waals surface area contributed by atoms with Crippen molar-refractivity contribution < 1.29 is 14.3 Å². The third-order valence-corrected chi connectivity index (χ3v) is 3.66. The van der Waals surface area contributed by atoms with Gasteiger partial charge in [-0.25, -0.2) is 0 Å². The van der Waals surface area contributed by atoms with E-state index in [2.05, 4.69) is 17.2 Å². The van der Waals surface area contributed by atoms with Gasteiger partial charge in [-0.2, -0.15) is 0 Å². The Morgan fingerprint density at radius 3 is 2.84 bits per heavy atom. The van der Waals surface area contributed by atoms with Gasteiger partial charge in [0.25, 0.3) is 0 Å². The molecule has 0 spiro atoms. The quantitative estimate of drug-likeness (QED) is 0.288. The van der Waals surface area contributed by atoms with E-state index in [0.29, 0.717) is 24.4 Å². The molecule has 1 aromatic heterocycles. The Kier molecular flexibility index (Phi) is 7.50. The Morgan fingerprint density at radius 2 is 2.12 bits per heavy atom. The molecule has 0 atom stereocenters. The lowest BCUT2D eigenvalue weighted by Crippen LogP contribution is -2.06. The molecule has 0 fully saturated rings. The van der Waals surface area contributed by atoms with Gasteiger partial charge in [-0.15, -0.1) is 5.10 Å². The molecule has 0 aliphatic rings. The molecule has 2 aromatic rings. The van der Waals surface area contributed by atoms with E-state index >= 15 is 0 Å². The van der Waals surface area contributed by atoms with E-state index in [-0.39, 0.29) is 5.97 Å². The SMILES string of the molecule is [B]Cc1ccc(OC(C)=O)c(OCCCc2cn(CCCC)nn2)c1. The number of aromatic nitrogens is 3. The first-order valence-corrected chi connectivity index (χ1v) is 8.65. The number of hydrogen-bond acceptors (Lipinski definition) is 5. The topological polar surface area (TPSA) is 66.2 Å². The fourth-order valence-corrected chi connectivity index (χ4v) is 2.35. The molecule has 1 aromatic carbocycles. The number of esters is 1. The molecule has 0 N–H and O–H groups in total. The van der Waals surface area contributed by atoms with Gasteiger partial charge in [0.05, 0.1) is 20.1 Å². The van der Waals surface area contributed by atoms with Gasteiger partial charge in [-0.3, -0.25) is 9.48 Å². The van der Waals surface area contributed by atoms with E-state index in [1.807, 2.05) is 16.9 Å². The van der Waals surface area contributed by atoms with Crippen molar-refractivity contribution in [3.05, 3.63) is 35.7 Å². The van der Waals surface area contributed by atoms with Crippen LogP contribution in [-0.2, 0) is 24.1 Å². The van der Waals surface area contributed by atoms with Gasteiger partial charge >= 0.3 is 5.97 Å². The molecule has 0 aliphatic carbocycles. The van der Waals surface area contributed by atoms with Crippen molar-refractivity contribution in [3.63, 3.8) is 0 Å². The highest BCUT2D eigenvalue weighted by Crippen LogP contribution is 2.29. The largest absolute Gasteiger partial charge is 0.490 e. The van der Waals surface area contributed by atoms with Gasteiger partial charge in [0, 0.05) is 19.7 Å². The molecule has 0 unspecified atom stereocenters. The smallest absolute Gasteiger partial charge is 0.308 e. The van der Waals surface area contributed by atoms with Crippen LogP contribution in [0.15, 0.2) is 24.4 Å². The van der Waals surface area contributed by atoms with Crippen molar-refractivity contribution in [1.29, 1.82) is 0 Å². The number of aryl methyl sites for hydroxylation is 2. The molecule has 6 nitrogen and oxygen atoms in total. The van der Waals surface area contributed by atoms with E-state index < -0.39 is 0 Å². The van der Waals surface area contributed by atoms with E-state index in [1.54, 1.807) is 12.1 Å². The van der Waals surface area contributed by atoms with Gasteiger partial charge in [0.2, 0.25) is 0 Å². The van der Waals surface area contributed by atoms with Gasteiger partial charge < -0.3 is 9.47 Å². The monoisotopic (exact) mass is 341 g/mol. The first-order valence-electron chi connectivity index (χ1n) is 8.65. The van der Waals surface area contributed by atoms with Crippen LogP contribution in [-0.4, -0.2) is 35.4 Å². The standard InChI is InChI=1S/C18H24BN3O3/c1-3-4-9-22-13-16(20-21-22)6-5-10-24-18-11-15(12-19)7-8-17(18)25-14(2)23/h7-8,11,13H,3-6,9-10,12H2,1-2H3. The lowest BCUT2D eigenvalue weighted by molar-refractivity contribution is -0.132. The third kappa shape index (κ3) is 6.25. The first kappa shape index (κ1) is 19.0. The number of carbonyl (C=O) groups is 1. The molecule has 0 saturated heterocycles. The zero-order valence-corrected chi connectivity index (χ0v) is 14.9. The second-order valence-electron chi connectivity index (χ2n) is 5.86. The molecular weight excluding hydrogens is 317 g/mol. The fraction of sp³-hybridized carbons (Fsp3) is 0.500. The molecule has 0 aliphatic heterocycles. The average molecular weight is 341 g/mol. The highest BCUT2D eigenvalue weighted by Gasteiger charge is 2.09. The second kappa shape index (κ2) is 9.86. The van der Waals surface area contributed by atoms with Crippen LogP contribution in [0.5, 0.6) is 11.5 Å². The van der Waals surface area contributed by atoms with E-state index in [4.69, 9.17) is 17.3 Å². The highest BCUT2D eigenvalue weighted by molar-refractivity contribution is 6.08. The lowest BCUT2D eigenvalue weighted by atomic mass is 9.97. The maximum Gasteiger partial charge on any atom is 0.308 e. The highest BCUT2D eigenvalue weighted by atomic mass is 16.6. The normalized spacial score (nSPS) is 10.6. The third-order valence-electron chi connectivity index (χ3n) is 3.66. The number of carbonyl (C=O) groups excluding carboxylic acids is 1. The minimum absolute atomic E-state index is 0.381. The summed E-state index contributed by atoms with van der Waals surface area (Å²) in [6.45, 7) is 4.91. The van der Waals surface area contributed by atoms with Crippen molar-refractivity contribution in [2.24, 2.45) is 0 Å². The van der Waals surface area contributed by atoms with Crippen LogP contribution >= 0.6 is 0 Å². The minimum Gasteiger partial charge on any atom is -0.490 e. The number of rotatable bonds is 10. The number of hydrogen-bond donors (Lipinski definition) is 0. The maximum atomic E-state index is 11.2. The summed E-state index contributed by atoms with van der Waals surface area (Å²) in [5, 5.41) is 8.28. The maximum absolute atomic E-state index is 11.2. The average Bonchev–Trinajstić information content (AvgIpc) is 3.05. The Hall–Kier alpha value is -2.31. The molecule has 2 radical (unpaired) electrons. The molecular formula is C18H24BN3O3. The van der Waals surface area contributed by atoms with E-state index in [1.165, 1.54) is 6.92 Å². The minimum atomic E-state index is -0.381. The van der Waals surface area contributed by atoms with Crippen LogP contribution in [0.2, 0.25) is 0 Å². The van der Waals surface area contributed by atoms with Crippen molar-refractivity contribution >= 4 is 13.8 Å². The summed E-state index contributed by atoms with van der Waals surface area (Å²) in [6, 6.07) is 5.33. The van der Waals surface area contributed by atoms with Crippen molar-refractivity contribution in [3.8, 4) is 11.5 Å². The summed E-state index contributed by atoms with van der Waals surface area (Å²) in [5.74, 6) is 0.564. The Bertz CT molecular complexity index is 688. The summed E-state index contributed by atoms with van der Waals surface area (Å²) >= 11 is 0. The predicted octanol–water partition coefficient (Wildman–Crippen LogP) is 2.68. The van der Waals surface area contributed by atoms with Gasteiger partial charge in [-0.05, 0) is 31.4 Å². The van der Waals surface area contributed by atoms with E-state index in [9.17, 15) is 4.79 Å². The van der Waals surface area contributed by atoms with Crippen LogP contribution in [0.25, 0.3) is 0 Å². The molecule has 1 heterocycles. The molecule has 0 bridgehead atoms. The van der Waals surface area contributed by atoms with Crippen molar-refractivity contribution in [2.75, 3.05) is 6.61 Å². The van der Waals surface area contributed by atoms with Gasteiger partial charge in [-0.1, -0.05) is 36.5 Å². The summed E-state index contributed by atoms with van der Waals surface area (Å²) in [7, 11) is 5.66. The summed E-state index contributed by atoms with van der Waals surface area (Å²) < 4.78 is 12.8. The van der Waals surface area contributed by atoms with Crippen LogP contribution in [0, 0.1) is 0 Å². The molecule has 25 heavy (non-hydrogen) atoms. The van der Waals surface area contributed by atoms with Crippen molar-refractivity contribution in [1.82, 2.24) is 15.0 Å². The van der Waals surface area contributed by atoms with Crippen LogP contribution < -0.4 is 9.47 Å². The van der Waals surface area contributed by atoms with Crippen LogP contribution in [0.3, 0.4) is 0 Å². The van der Waals surface area contributed by atoms with Crippen LogP contribution in [0.1, 0.15) is 44.4 Å². The number of unbranched alkanes of at least 4 members (excludes halogenated alkanes) is 1. The molecule has 2 rings (SSSR count). The Balaban J connectivity index is 1.86. The zero-order chi connectivity index (χ0) is 18.1. The second-order valence-corrected chi connectivity index (χ2v) is 5.86. The zero-order valence-electron chi connectivity index (χ0n) is 14.9. The Morgan fingerprint density at radius 1 is 1.28 bits per heavy atom. The first-order chi connectivity index (χ1) is 12.1. The van der Waals surface area contributed by atoms with Crippen molar-refractivity contribution in [2.45, 2.75) is 52.4 Å². The van der Waals surface area contributed by atoms with Crippen LogP contribution in [0.4, 0.5) is 0 Å². The molecule has 132 valence electrons. The lowest BCUT2D eigenvalue weighted by Gasteiger charge is -2.12. The fourth-order valence-electron chi connectivity index (χ4n) is 2.35. The molecule has 7 heteroatoms. The number of nitrogens with zero attached hydrogens (tertiary/aromatic N) is 3. The summed E-state index contributed by atoms with van der Waals surface area (Å²) in [4.78, 5) is 11.2. The number of ether oxygens (including phenoxy) is 2. The Labute approximate surface area is 149 Å². The number of benzene rings is 1. The predicted molar refractivity (Wildman–Crippen MR) is 96.0 cm³/mol. The molecule has 0 saturated carbocycles.